The second-order valence-corrected chi connectivity index (χ2v) is 1.05. The van der Waals surface area contributed by atoms with Crippen LogP contribution in [0.4, 0.5) is 0 Å². The molecule has 0 heterocycles. The molecule has 25 valence electrons. The van der Waals surface area contributed by atoms with Crippen LogP contribution in [0.2, 0.25) is 0 Å². The van der Waals surface area contributed by atoms with Crippen molar-refractivity contribution < 1.29 is 5.11 Å². The molecule has 1 nitrogen and oxygen atoms in total. The first-order valence-corrected chi connectivity index (χ1v) is 1.39. The Morgan fingerprint density at radius 3 is 1.50 bits per heavy atom. The van der Waals surface area contributed by atoms with Crippen molar-refractivity contribution in [2.45, 2.75) is 20.0 Å². The lowest BCUT2D eigenvalue weighted by atomic mass is 10.5. The Hall–Kier alpha value is -0.0400. The molecular weight excluding hydrogens is 52.0 g/mol. The topological polar surface area (TPSA) is 19.9 Å². The highest BCUT2D eigenvalue weighted by Crippen LogP contribution is 1.67. The SMILES string of the molecule is CC(C)[O]. The molecule has 0 aliphatic rings. The van der Waals surface area contributed by atoms with Crippen LogP contribution in [-0.4, -0.2) is 6.10 Å². The van der Waals surface area contributed by atoms with E-state index < -0.39 is 6.10 Å². The van der Waals surface area contributed by atoms with Gasteiger partial charge in [0.25, 0.3) is 0 Å². The van der Waals surface area contributed by atoms with E-state index in [1.54, 1.807) is 13.8 Å². The van der Waals surface area contributed by atoms with Gasteiger partial charge in [-0.05, 0) is 13.8 Å². The molecule has 0 aromatic heterocycles. The zero-order chi connectivity index (χ0) is 3.58. The third-order valence-electron chi connectivity index (χ3n) is 0. The molecule has 0 aliphatic carbocycles. The molecule has 1 radical (unpaired) electrons. The zero-order valence-electron chi connectivity index (χ0n) is 2.99. The predicted octanol–water partition coefficient (Wildman–Crippen LogP) is 0.825. The molecule has 0 amide bonds. The van der Waals surface area contributed by atoms with Gasteiger partial charge in [-0.1, -0.05) is 0 Å². The van der Waals surface area contributed by atoms with Gasteiger partial charge in [-0.3, -0.25) is 0 Å². The van der Waals surface area contributed by atoms with E-state index in [9.17, 15) is 5.11 Å². The van der Waals surface area contributed by atoms with Crippen LogP contribution in [0.5, 0.6) is 0 Å². The van der Waals surface area contributed by atoms with Crippen LogP contribution in [0.3, 0.4) is 0 Å². The summed E-state index contributed by atoms with van der Waals surface area (Å²) in [6.07, 6.45) is -0.417. The van der Waals surface area contributed by atoms with Crippen molar-refractivity contribution in [3.8, 4) is 0 Å². The van der Waals surface area contributed by atoms with Crippen molar-refractivity contribution in [2.75, 3.05) is 0 Å². The van der Waals surface area contributed by atoms with E-state index in [-0.39, 0.29) is 0 Å². The Balaban J connectivity index is 2.32. The van der Waals surface area contributed by atoms with Gasteiger partial charge in [0.15, 0.2) is 0 Å². The largest absolute Gasteiger partial charge is 0.234 e. The van der Waals surface area contributed by atoms with Gasteiger partial charge in [0.1, 0.15) is 0 Å². The summed E-state index contributed by atoms with van der Waals surface area (Å²) in [4.78, 5) is 0. The summed E-state index contributed by atoms with van der Waals surface area (Å²) < 4.78 is 0. The van der Waals surface area contributed by atoms with E-state index in [2.05, 4.69) is 0 Å². The molecule has 0 rings (SSSR count). The summed E-state index contributed by atoms with van der Waals surface area (Å²) in [5, 5.41) is 9.53. The standard InChI is InChI=1S/C3H7O/c1-3(2)4/h3H,1-2H3. The van der Waals surface area contributed by atoms with Gasteiger partial charge >= 0.3 is 0 Å². The quantitative estimate of drug-likeness (QED) is 0.394. The minimum atomic E-state index is -0.417. The summed E-state index contributed by atoms with van der Waals surface area (Å²) in [7, 11) is 0. The molecule has 0 N–H and O–H groups in total. The van der Waals surface area contributed by atoms with Gasteiger partial charge in [-0.15, -0.1) is 0 Å². The minimum absolute atomic E-state index is 0.417. The summed E-state index contributed by atoms with van der Waals surface area (Å²) in [5.41, 5.74) is 0. The van der Waals surface area contributed by atoms with Crippen LogP contribution in [0.25, 0.3) is 0 Å². The average Bonchev–Trinajstić information content (AvgIpc) is 0.811. The summed E-state index contributed by atoms with van der Waals surface area (Å²) in [5.74, 6) is 0. The highest BCUT2D eigenvalue weighted by Gasteiger charge is 1.73. The van der Waals surface area contributed by atoms with Crippen LogP contribution in [0.15, 0.2) is 0 Å². The Kier molecular flexibility index (Phi) is 1.28. The maximum atomic E-state index is 9.53. The summed E-state index contributed by atoms with van der Waals surface area (Å²) in [6.45, 7) is 3.22. The number of hydrogen-bond acceptors (Lipinski definition) is 0. The lowest BCUT2D eigenvalue weighted by Crippen LogP contribution is -1.81. The average molecular weight is 59.1 g/mol. The van der Waals surface area contributed by atoms with Crippen LogP contribution in [0.1, 0.15) is 13.8 Å². The van der Waals surface area contributed by atoms with Gasteiger partial charge in [0.2, 0.25) is 0 Å². The predicted molar refractivity (Wildman–Crippen MR) is 15.8 cm³/mol. The maximum Gasteiger partial charge on any atom is 0.0874 e. The Morgan fingerprint density at radius 1 is 1.50 bits per heavy atom. The summed E-state index contributed by atoms with van der Waals surface area (Å²) >= 11 is 0. The third kappa shape index (κ3) is 1130. The molecule has 0 saturated carbocycles. The third-order valence-corrected chi connectivity index (χ3v) is 0. The van der Waals surface area contributed by atoms with E-state index >= 15 is 0 Å². The highest BCUT2D eigenvalue weighted by molar-refractivity contribution is 4.20. The van der Waals surface area contributed by atoms with Gasteiger partial charge in [-0.2, -0.15) is 0 Å². The molecule has 0 aliphatic heterocycles. The molecule has 0 saturated heterocycles. The smallest absolute Gasteiger partial charge is 0.0874 e. The fraction of sp³-hybridized carbons (Fsp3) is 1.00. The first-order valence-electron chi connectivity index (χ1n) is 1.39. The second kappa shape index (κ2) is 1.30. The van der Waals surface area contributed by atoms with E-state index in [1.165, 1.54) is 0 Å². The molecule has 0 unspecified atom stereocenters. The maximum absolute atomic E-state index is 9.53. The van der Waals surface area contributed by atoms with Crippen LogP contribution in [-0.2, 0) is 5.11 Å². The first kappa shape index (κ1) is 3.96. The Labute approximate surface area is 26.3 Å². The number of hydrogen-bond donors (Lipinski definition) is 0. The number of rotatable bonds is 0. The first-order chi connectivity index (χ1) is 1.73. The Bertz CT molecular complexity index is 8.00. The molecule has 0 aromatic rings. The molecule has 0 bridgehead atoms. The van der Waals surface area contributed by atoms with Crippen molar-refractivity contribution in [1.29, 1.82) is 0 Å². The Morgan fingerprint density at radius 2 is 1.50 bits per heavy atom. The van der Waals surface area contributed by atoms with E-state index in [4.69, 9.17) is 0 Å². The highest BCUT2D eigenvalue weighted by atomic mass is 16.3. The minimum Gasteiger partial charge on any atom is -0.234 e. The normalized spacial score (nSPS) is 9.00. The van der Waals surface area contributed by atoms with E-state index in [0.29, 0.717) is 0 Å². The molecule has 0 spiro atoms. The van der Waals surface area contributed by atoms with Crippen LogP contribution in [0, 0.1) is 0 Å². The second-order valence-electron chi connectivity index (χ2n) is 1.05. The van der Waals surface area contributed by atoms with Crippen molar-refractivity contribution in [2.24, 2.45) is 0 Å². The van der Waals surface area contributed by atoms with Crippen molar-refractivity contribution in [1.82, 2.24) is 0 Å². The summed E-state index contributed by atoms with van der Waals surface area (Å²) in [6, 6.07) is 0. The molecular formula is C3H7O. The van der Waals surface area contributed by atoms with Crippen LogP contribution >= 0.6 is 0 Å². The van der Waals surface area contributed by atoms with Gasteiger partial charge in [-0.25, -0.2) is 5.11 Å². The molecule has 0 atom stereocenters. The van der Waals surface area contributed by atoms with Gasteiger partial charge in [0.05, 0.1) is 6.10 Å². The van der Waals surface area contributed by atoms with Gasteiger partial charge < -0.3 is 0 Å². The molecule has 4 heavy (non-hydrogen) atoms. The van der Waals surface area contributed by atoms with Crippen molar-refractivity contribution in [3.63, 3.8) is 0 Å². The van der Waals surface area contributed by atoms with Crippen LogP contribution < -0.4 is 0 Å². The van der Waals surface area contributed by atoms with Crippen molar-refractivity contribution in [3.05, 3.63) is 0 Å². The lowest BCUT2D eigenvalue weighted by Gasteiger charge is -1.74. The molecule has 0 fully saturated rings. The zero-order valence-corrected chi connectivity index (χ0v) is 2.99. The molecule has 1 heteroatoms. The monoisotopic (exact) mass is 59.0 g/mol. The lowest BCUT2D eigenvalue weighted by molar-refractivity contribution is 0.122. The van der Waals surface area contributed by atoms with Crippen molar-refractivity contribution >= 4 is 0 Å². The fourth-order valence-corrected chi connectivity index (χ4v) is 0. The molecule has 0 aromatic carbocycles. The van der Waals surface area contributed by atoms with E-state index in [1.807, 2.05) is 0 Å². The fourth-order valence-electron chi connectivity index (χ4n) is 0. The van der Waals surface area contributed by atoms with E-state index in [0.717, 1.165) is 0 Å². The van der Waals surface area contributed by atoms with Gasteiger partial charge in [0, 0.05) is 0 Å².